The molecule has 18 heavy (non-hydrogen) atoms. The van der Waals surface area contributed by atoms with Crippen LogP contribution >= 0.6 is 0 Å². The fraction of sp³-hybridized carbons (Fsp3) is 0.857. The minimum atomic E-state index is -0.217. The van der Waals surface area contributed by atoms with Gasteiger partial charge in [-0.3, -0.25) is 14.5 Å². The van der Waals surface area contributed by atoms with Gasteiger partial charge >= 0.3 is 5.97 Å². The maximum atomic E-state index is 12.0. The molecule has 2 fully saturated rings. The standard InChI is InChI=1S/C14H23NO3/c1-3-18-14(17)10(2)15-9-8-11-12(15)6-4-5-7-13(11)16/h10-12H,3-9H2,1-2H3/t10-,11-,12+/m0/s1. The summed E-state index contributed by atoms with van der Waals surface area (Å²) >= 11 is 0. The van der Waals surface area contributed by atoms with Crippen LogP contribution in [0.4, 0.5) is 0 Å². The Kier molecular flexibility index (Phi) is 4.38. The van der Waals surface area contributed by atoms with Crippen LogP contribution < -0.4 is 0 Å². The lowest BCUT2D eigenvalue weighted by Gasteiger charge is -2.30. The summed E-state index contributed by atoms with van der Waals surface area (Å²) in [5, 5.41) is 0. The number of ketones is 1. The van der Waals surface area contributed by atoms with Crippen molar-refractivity contribution in [1.82, 2.24) is 4.90 Å². The monoisotopic (exact) mass is 253 g/mol. The Labute approximate surface area is 109 Å². The van der Waals surface area contributed by atoms with Crippen molar-refractivity contribution < 1.29 is 14.3 Å². The van der Waals surface area contributed by atoms with Gasteiger partial charge in [-0.1, -0.05) is 6.42 Å². The molecule has 1 heterocycles. The molecule has 1 saturated heterocycles. The lowest BCUT2D eigenvalue weighted by molar-refractivity contribution is -0.149. The van der Waals surface area contributed by atoms with Crippen molar-refractivity contribution in [2.24, 2.45) is 5.92 Å². The molecule has 102 valence electrons. The van der Waals surface area contributed by atoms with E-state index in [4.69, 9.17) is 4.74 Å². The number of carbonyl (C=O) groups excluding carboxylic acids is 2. The molecule has 0 unspecified atom stereocenters. The average Bonchev–Trinajstić information content (AvgIpc) is 2.69. The molecule has 2 aliphatic rings. The maximum absolute atomic E-state index is 12.0. The molecule has 1 aliphatic carbocycles. The van der Waals surface area contributed by atoms with Crippen molar-refractivity contribution >= 4 is 11.8 Å². The zero-order chi connectivity index (χ0) is 13.1. The van der Waals surface area contributed by atoms with Crippen LogP contribution in [-0.2, 0) is 14.3 Å². The summed E-state index contributed by atoms with van der Waals surface area (Å²) in [5.41, 5.74) is 0. The second kappa shape index (κ2) is 5.83. The van der Waals surface area contributed by atoms with E-state index in [1.54, 1.807) is 0 Å². The summed E-state index contributed by atoms with van der Waals surface area (Å²) < 4.78 is 5.09. The summed E-state index contributed by atoms with van der Waals surface area (Å²) in [7, 11) is 0. The van der Waals surface area contributed by atoms with Gasteiger partial charge in [0.2, 0.25) is 0 Å². The van der Waals surface area contributed by atoms with Crippen LogP contribution in [-0.4, -0.2) is 41.9 Å². The van der Waals surface area contributed by atoms with Crippen molar-refractivity contribution in [3.05, 3.63) is 0 Å². The van der Waals surface area contributed by atoms with E-state index in [0.29, 0.717) is 12.4 Å². The van der Waals surface area contributed by atoms with Crippen LogP contribution in [0.25, 0.3) is 0 Å². The molecule has 0 aromatic rings. The van der Waals surface area contributed by atoms with Gasteiger partial charge in [0, 0.05) is 24.9 Å². The molecule has 1 aliphatic heterocycles. The van der Waals surface area contributed by atoms with E-state index in [1.165, 1.54) is 0 Å². The average molecular weight is 253 g/mol. The Morgan fingerprint density at radius 1 is 1.44 bits per heavy atom. The fourth-order valence-electron chi connectivity index (χ4n) is 3.34. The minimum Gasteiger partial charge on any atom is -0.465 e. The number of fused-ring (bicyclic) bond motifs is 1. The van der Waals surface area contributed by atoms with Gasteiger partial charge < -0.3 is 4.74 Å². The third-order valence-corrected chi connectivity index (χ3v) is 4.30. The van der Waals surface area contributed by atoms with E-state index >= 15 is 0 Å². The zero-order valence-electron chi connectivity index (χ0n) is 11.4. The predicted molar refractivity (Wildman–Crippen MR) is 68.2 cm³/mol. The first-order valence-corrected chi connectivity index (χ1v) is 7.10. The van der Waals surface area contributed by atoms with Crippen LogP contribution in [0.2, 0.25) is 0 Å². The van der Waals surface area contributed by atoms with Crippen LogP contribution in [0.1, 0.15) is 46.0 Å². The highest BCUT2D eigenvalue weighted by molar-refractivity contribution is 5.82. The first-order chi connectivity index (χ1) is 8.65. The van der Waals surface area contributed by atoms with Gasteiger partial charge in [-0.15, -0.1) is 0 Å². The fourth-order valence-corrected chi connectivity index (χ4v) is 3.34. The van der Waals surface area contributed by atoms with Gasteiger partial charge in [0.25, 0.3) is 0 Å². The molecule has 0 spiro atoms. The number of ether oxygens (including phenoxy) is 1. The largest absolute Gasteiger partial charge is 0.465 e. The second-order valence-corrected chi connectivity index (χ2v) is 5.34. The number of rotatable bonds is 3. The van der Waals surface area contributed by atoms with Gasteiger partial charge in [-0.05, 0) is 33.1 Å². The molecular weight excluding hydrogens is 230 g/mol. The lowest BCUT2D eigenvalue weighted by atomic mass is 9.94. The van der Waals surface area contributed by atoms with Crippen molar-refractivity contribution in [1.29, 1.82) is 0 Å². The Morgan fingerprint density at radius 3 is 2.94 bits per heavy atom. The van der Waals surface area contributed by atoms with Crippen LogP contribution in [0.5, 0.6) is 0 Å². The molecule has 0 bridgehead atoms. The molecular formula is C14H23NO3. The molecule has 2 rings (SSSR count). The molecule has 4 nitrogen and oxygen atoms in total. The van der Waals surface area contributed by atoms with E-state index < -0.39 is 0 Å². The number of carbonyl (C=O) groups is 2. The summed E-state index contributed by atoms with van der Waals surface area (Å²) in [6.07, 6.45) is 4.78. The molecule has 3 atom stereocenters. The van der Waals surface area contributed by atoms with E-state index in [9.17, 15) is 9.59 Å². The summed E-state index contributed by atoms with van der Waals surface area (Å²) in [6.45, 7) is 4.99. The smallest absolute Gasteiger partial charge is 0.323 e. The number of esters is 1. The Hall–Kier alpha value is -0.900. The van der Waals surface area contributed by atoms with E-state index in [0.717, 1.165) is 38.6 Å². The number of hydrogen-bond donors (Lipinski definition) is 0. The number of likely N-dealkylation sites (tertiary alicyclic amines) is 1. The highest BCUT2D eigenvalue weighted by atomic mass is 16.5. The Balaban J connectivity index is 2.06. The normalized spacial score (nSPS) is 30.7. The highest BCUT2D eigenvalue weighted by Gasteiger charge is 2.42. The molecule has 1 saturated carbocycles. The highest BCUT2D eigenvalue weighted by Crippen LogP contribution is 2.34. The molecule has 4 heteroatoms. The van der Waals surface area contributed by atoms with Crippen LogP contribution in [0.15, 0.2) is 0 Å². The first-order valence-electron chi connectivity index (χ1n) is 7.10. The van der Waals surface area contributed by atoms with Gasteiger partial charge in [0.15, 0.2) is 0 Å². The van der Waals surface area contributed by atoms with Crippen molar-refractivity contribution in [2.45, 2.75) is 58.0 Å². The van der Waals surface area contributed by atoms with Crippen molar-refractivity contribution in [3.8, 4) is 0 Å². The topological polar surface area (TPSA) is 46.6 Å². The summed E-state index contributed by atoms with van der Waals surface area (Å²) in [5.74, 6) is 0.398. The second-order valence-electron chi connectivity index (χ2n) is 5.34. The van der Waals surface area contributed by atoms with Gasteiger partial charge in [0.05, 0.1) is 6.61 Å². The molecule has 0 aromatic heterocycles. The third kappa shape index (κ3) is 2.58. The quantitative estimate of drug-likeness (QED) is 0.719. The Morgan fingerprint density at radius 2 is 2.22 bits per heavy atom. The minimum absolute atomic E-state index is 0.157. The number of hydrogen-bond acceptors (Lipinski definition) is 4. The maximum Gasteiger partial charge on any atom is 0.323 e. The first kappa shape index (κ1) is 13.5. The van der Waals surface area contributed by atoms with E-state index in [-0.39, 0.29) is 24.0 Å². The van der Waals surface area contributed by atoms with Crippen molar-refractivity contribution in [2.75, 3.05) is 13.2 Å². The molecule has 0 amide bonds. The van der Waals surface area contributed by atoms with Crippen LogP contribution in [0.3, 0.4) is 0 Å². The number of nitrogens with zero attached hydrogens (tertiary/aromatic N) is 1. The van der Waals surface area contributed by atoms with Gasteiger partial charge in [0.1, 0.15) is 11.8 Å². The summed E-state index contributed by atoms with van der Waals surface area (Å²) in [4.78, 5) is 26.0. The molecule has 0 N–H and O–H groups in total. The van der Waals surface area contributed by atoms with Gasteiger partial charge in [-0.25, -0.2) is 0 Å². The van der Waals surface area contributed by atoms with E-state index in [2.05, 4.69) is 4.90 Å². The molecule has 0 radical (unpaired) electrons. The Bertz CT molecular complexity index is 329. The van der Waals surface area contributed by atoms with Gasteiger partial charge in [-0.2, -0.15) is 0 Å². The molecule has 0 aromatic carbocycles. The lowest BCUT2D eigenvalue weighted by Crippen LogP contribution is -2.45. The SMILES string of the molecule is CCOC(=O)[C@H](C)N1CC[C@@H]2C(=O)CCCC[C@H]21. The number of Topliss-reactive ketones (excluding diaryl/α,β-unsaturated/α-hetero) is 1. The zero-order valence-corrected chi connectivity index (χ0v) is 11.4. The van der Waals surface area contributed by atoms with Crippen LogP contribution in [0, 0.1) is 5.92 Å². The predicted octanol–water partition coefficient (Wildman–Crippen LogP) is 1.77. The third-order valence-electron chi connectivity index (χ3n) is 4.30. The van der Waals surface area contributed by atoms with Crippen molar-refractivity contribution in [3.63, 3.8) is 0 Å². The summed E-state index contributed by atoms with van der Waals surface area (Å²) in [6, 6.07) is 0.0465. The van der Waals surface area contributed by atoms with E-state index in [1.807, 2.05) is 13.8 Å².